The lowest BCUT2D eigenvalue weighted by atomic mass is 9.97. The molecule has 1 N–H and O–H groups in total. The van der Waals surface area contributed by atoms with E-state index in [1.54, 1.807) is 0 Å². The third kappa shape index (κ3) is 3.59. The highest BCUT2D eigenvalue weighted by Gasteiger charge is 2.11. The fraction of sp³-hybridized carbons (Fsp3) is 0.294. The third-order valence-corrected chi connectivity index (χ3v) is 3.56. The van der Waals surface area contributed by atoms with Gasteiger partial charge in [-0.3, -0.25) is 0 Å². The molecule has 100 valence electrons. The summed E-state index contributed by atoms with van der Waals surface area (Å²) in [7, 11) is 1.98. The van der Waals surface area contributed by atoms with Gasteiger partial charge in [0, 0.05) is 5.02 Å². The fourth-order valence-electron chi connectivity index (χ4n) is 2.38. The molecule has 0 aliphatic heterocycles. The standard InChI is InChI=1S/C17H20ClN/c1-3-5-13-8-10-14(11-9-13)17(19-2)15-6-4-7-16(18)12-15/h4,6-12,17,19H,3,5H2,1-2H3. The number of halogens is 1. The van der Waals surface area contributed by atoms with Gasteiger partial charge in [-0.15, -0.1) is 0 Å². The lowest BCUT2D eigenvalue weighted by Crippen LogP contribution is -2.17. The number of rotatable bonds is 5. The van der Waals surface area contributed by atoms with Crippen molar-refractivity contribution in [2.75, 3.05) is 7.05 Å². The van der Waals surface area contributed by atoms with Gasteiger partial charge in [-0.1, -0.05) is 61.3 Å². The molecule has 2 heteroatoms. The van der Waals surface area contributed by atoms with Crippen LogP contribution in [0.15, 0.2) is 48.5 Å². The van der Waals surface area contributed by atoms with Crippen molar-refractivity contribution in [1.82, 2.24) is 5.32 Å². The van der Waals surface area contributed by atoms with Crippen molar-refractivity contribution < 1.29 is 0 Å². The van der Waals surface area contributed by atoms with Crippen LogP contribution in [0.1, 0.15) is 36.1 Å². The summed E-state index contributed by atoms with van der Waals surface area (Å²) in [5.41, 5.74) is 3.86. The van der Waals surface area contributed by atoms with Gasteiger partial charge in [-0.25, -0.2) is 0 Å². The second kappa shape index (κ2) is 6.74. The largest absolute Gasteiger partial charge is 0.309 e. The molecule has 0 aromatic heterocycles. The van der Waals surface area contributed by atoms with Gasteiger partial charge in [0.05, 0.1) is 6.04 Å². The fourth-order valence-corrected chi connectivity index (χ4v) is 2.58. The summed E-state index contributed by atoms with van der Waals surface area (Å²) in [6.07, 6.45) is 2.32. The maximum atomic E-state index is 6.07. The summed E-state index contributed by atoms with van der Waals surface area (Å²) in [4.78, 5) is 0. The number of aryl methyl sites for hydroxylation is 1. The third-order valence-electron chi connectivity index (χ3n) is 3.32. The second-order valence-electron chi connectivity index (χ2n) is 4.77. The molecule has 1 nitrogen and oxygen atoms in total. The van der Waals surface area contributed by atoms with Crippen molar-refractivity contribution >= 4 is 11.6 Å². The van der Waals surface area contributed by atoms with Gasteiger partial charge < -0.3 is 5.32 Å². The first-order valence-corrected chi connectivity index (χ1v) is 7.14. The number of nitrogens with one attached hydrogen (secondary N) is 1. The van der Waals surface area contributed by atoms with E-state index in [-0.39, 0.29) is 6.04 Å². The molecule has 0 saturated heterocycles. The van der Waals surface area contributed by atoms with Gasteiger partial charge in [0.2, 0.25) is 0 Å². The zero-order valence-electron chi connectivity index (χ0n) is 11.5. The number of benzene rings is 2. The molecular weight excluding hydrogens is 254 g/mol. The molecule has 0 fully saturated rings. The molecule has 2 rings (SSSR count). The Morgan fingerprint density at radius 2 is 1.79 bits per heavy atom. The molecule has 0 aliphatic rings. The summed E-state index contributed by atoms with van der Waals surface area (Å²) in [5.74, 6) is 0. The van der Waals surface area contributed by atoms with Crippen molar-refractivity contribution in [3.63, 3.8) is 0 Å². The van der Waals surface area contributed by atoms with Gasteiger partial charge >= 0.3 is 0 Å². The zero-order chi connectivity index (χ0) is 13.7. The van der Waals surface area contributed by atoms with E-state index in [9.17, 15) is 0 Å². The summed E-state index contributed by atoms with van der Waals surface area (Å²) in [5, 5.41) is 4.13. The van der Waals surface area contributed by atoms with Gasteiger partial charge in [0.15, 0.2) is 0 Å². The molecule has 2 aromatic rings. The van der Waals surface area contributed by atoms with Crippen LogP contribution in [-0.4, -0.2) is 7.05 Å². The number of hydrogen-bond donors (Lipinski definition) is 1. The first-order valence-electron chi connectivity index (χ1n) is 6.76. The quantitative estimate of drug-likeness (QED) is 0.839. The molecule has 1 atom stereocenters. The maximum Gasteiger partial charge on any atom is 0.0574 e. The Morgan fingerprint density at radius 3 is 2.37 bits per heavy atom. The molecule has 2 aromatic carbocycles. The molecule has 19 heavy (non-hydrogen) atoms. The minimum absolute atomic E-state index is 0.189. The molecule has 0 saturated carbocycles. The first kappa shape index (κ1) is 14.1. The van der Waals surface area contributed by atoms with E-state index in [1.807, 2.05) is 25.2 Å². The molecule has 0 bridgehead atoms. The van der Waals surface area contributed by atoms with Crippen molar-refractivity contribution in [1.29, 1.82) is 0 Å². The van der Waals surface area contributed by atoms with Gasteiger partial charge in [-0.2, -0.15) is 0 Å². The summed E-state index contributed by atoms with van der Waals surface area (Å²) < 4.78 is 0. The van der Waals surface area contributed by atoms with Crippen molar-refractivity contribution in [3.8, 4) is 0 Å². The highest BCUT2D eigenvalue weighted by atomic mass is 35.5. The number of hydrogen-bond acceptors (Lipinski definition) is 1. The summed E-state index contributed by atoms with van der Waals surface area (Å²) >= 11 is 6.07. The van der Waals surface area contributed by atoms with Crippen LogP contribution in [0.5, 0.6) is 0 Å². The molecule has 0 radical (unpaired) electrons. The predicted molar refractivity (Wildman–Crippen MR) is 82.8 cm³/mol. The molecule has 0 aliphatic carbocycles. The van der Waals surface area contributed by atoms with E-state index >= 15 is 0 Å². The van der Waals surface area contributed by atoms with Crippen LogP contribution < -0.4 is 5.32 Å². The zero-order valence-corrected chi connectivity index (χ0v) is 12.2. The monoisotopic (exact) mass is 273 g/mol. The average Bonchev–Trinajstić information content (AvgIpc) is 2.42. The van der Waals surface area contributed by atoms with Crippen LogP contribution in [0, 0.1) is 0 Å². The maximum absolute atomic E-state index is 6.07. The van der Waals surface area contributed by atoms with Crippen LogP contribution in [-0.2, 0) is 6.42 Å². The first-order chi connectivity index (χ1) is 9.24. The lowest BCUT2D eigenvalue weighted by molar-refractivity contribution is 0.691. The SMILES string of the molecule is CCCc1ccc(C(NC)c2cccc(Cl)c2)cc1. The Hall–Kier alpha value is -1.31. The van der Waals surface area contributed by atoms with E-state index in [2.05, 4.69) is 42.6 Å². The highest BCUT2D eigenvalue weighted by molar-refractivity contribution is 6.30. The minimum Gasteiger partial charge on any atom is -0.309 e. The Balaban J connectivity index is 2.26. The van der Waals surface area contributed by atoms with Crippen molar-refractivity contribution in [3.05, 3.63) is 70.2 Å². The average molecular weight is 274 g/mol. The van der Waals surface area contributed by atoms with Crippen LogP contribution >= 0.6 is 11.6 Å². The van der Waals surface area contributed by atoms with E-state index in [0.29, 0.717) is 0 Å². The van der Waals surface area contributed by atoms with Crippen LogP contribution in [0.4, 0.5) is 0 Å². The topological polar surface area (TPSA) is 12.0 Å². The molecule has 1 unspecified atom stereocenters. The van der Waals surface area contributed by atoms with Crippen LogP contribution in [0.25, 0.3) is 0 Å². The Bertz CT molecular complexity index is 519. The van der Waals surface area contributed by atoms with E-state index in [0.717, 1.165) is 11.4 Å². The predicted octanol–water partition coefficient (Wildman–Crippen LogP) is 4.60. The highest BCUT2D eigenvalue weighted by Crippen LogP contribution is 2.24. The Morgan fingerprint density at radius 1 is 1.05 bits per heavy atom. The summed E-state index contributed by atoms with van der Waals surface area (Å²) in [6.45, 7) is 2.20. The molecular formula is C17H20ClN. The smallest absolute Gasteiger partial charge is 0.0574 e. The normalized spacial score (nSPS) is 12.4. The Kier molecular flexibility index (Phi) is 5.00. The lowest BCUT2D eigenvalue weighted by Gasteiger charge is -2.18. The van der Waals surface area contributed by atoms with E-state index in [4.69, 9.17) is 11.6 Å². The molecule has 0 amide bonds. The minimum atomic E-state index is 0.189. The van der Waals surface area contributed by atoms with Gasteiger partial charge in [-0.05, 0) is 42.3 Å². The van der Waals surface area contributed by atoms with Gasteiger partial charge in [0.25, 0.3) is 0 Å². The van der Waals surface area contributed by atoms with Crippen LogP contribution in [0.2, 0.25) is 5.02 Å². The van der Waals surface area contributed by atoms with Crippen molar-refractivity contribution in [2.24, 2.45) is 0 Å². The molecule has 0 spiro atoms. The molecule has 0 heterocycles. The summed E-state index contributed by atoms with van der Waals surface area (Å²) in [6, 6.07) is 17.0. The Labute approximate surface area is 120 Å². The van der Waals surface area contributed by atoms with Gasteiger partial charge in [0.1, 0.15) is 0 Å². The second-order valence-corrected chi connectivity index (χ2v) is 5.20. The van der Waals surface area contributed by atoms with E-state index < -0.39 is 0 Å². The van der Waals surface area contributed by atoms with Crippen molar-refractivity contribution in [2.45, 2.75) is 25.8 Å². The van der Waals surface area contributed by atoms with E-state index in [1.165, 1.54) is 23.1 Å². The van der Waals surface area contributed by atoms with Crippen LogP contribution in [0.3, 0.4) is 0 Å².